The van der Waals surface area contributed by atoms with Crippen molar-refractivity contribution in [2.45, 2.75) is 6.92 Å². The van der Waals surface area contributed by atoms with Crippen LogP contribution in [0.3, 0.4) is 0 Å². The van der Waals surface area contributed by atoms with Gasteiger partial charge < -0.3 is 14.2 Å². The molecule has 1 fully saturated rings. The van der Waals surface area contributed by atoms with Gasteiger partial charge in [-0.2, -0.15) is 0 Å². The number of hydrogen-bond acceptors (Lipinski definition) is 7. The molecule has 0 radical (unpaired) electrons. The Bertz CT molecular complexity index is 1410. The van der Waals surface area contributed by atoms with Crippen LogP contribution in [0.1, 0.15) is 22.8 Å². The molecule has 0 saturated carbocycles. The summed E-state index contributed by atoms with van der Waals surface area (Å²) >= 11 is 14.9. The molecule has 0 aliphatic carbocycles. The minimum Gasteiger partial charge on any atom is -0.490 e. The Kier molecular flexibility index (Phi) is 9.59. The molecule has 0 aromatic heterocycles. The molecule has 1 heterocycles. The zero-order chi connectivity index (χ0) is 27.2. The second kappa shape index (κ2) is 12.9. The fraction of sp³-hybridized carbons (Fsp3) is 0.148. The van der Waals surface area contributed by atoms with Crippen LogP contribution in [0, 0.1) is 3.57 Å². The normalized spacial score (nSPS) is 14.2. The van der Waals surface area contributed by atoms with Gasteiger partial charge in [-0.1, -0.05) is 35.3 Å². The smallest absolute Gasteiger partial charge is 0.343 e. The SMILES string of the molecule is CCOc1cc(/C=C2\SC(=O)N(CCOc3ccccc3Cl)C2=O)cc(I)c1OC(=O)c1ccc(Cl)cc1. The maximum Gasteiger partial charge on any atom is 0.343 e. The standard InChI is InChI=1S/C27H20Cl2INO6S/c1-2-35-22-14-16(13-20(30)24(22)37-26(33)17-7-9-18(28)10-8-17)15-23-25(32)31(27(34)38-23)11-12-36-21-6-4-3-5-19(21)29/h3-10,13-15H,2,11-12H2,1H3/b23-15-. The zero-order valence-corrected chi connectivity index (χ0v) is 24.4. The number of imide groups is 1. The number of hydrogen-bond donors (Lipinski definition) is 0. The van der Waals surface area contributed by atoms with Gasteiger partial charge >= 0.3 is 5.97 Å². The molecule has 3 aromatic rings. The minimum atomic E-state index is -0.562. The average molecular weight is 684 g/mol. The highest BCUT2D eigenvalue weighted by atomic mass is 127. The second-order valence-corrected chi connectivity index (χ2v) is 10.8. The summed E-state index contributed by atoms with van der Waals surface area (Å²) < 4.78 is 17.6. The van der Waals surface area contributed by atoms with Gasteiger partial charge in [0.05, 0.1) is 32.2 Å². The first kappa shape index (κ1) is 28.3. The number of halogens is 3. The first-order valence-corrected chi connectivity index (χ1v) is 14.0. The first-order chi connectivity index (χ1) is 18.3. The van der Waals surface area contributed by atoms with Crippen LogP contribution in [0.15, 0.2) is 65.6 Å². The van der Waals surface area contributed by atoms with Gasteiger partial charge in [-0.25, -0.2) is 4.79 Å². The summed E-state index contributed by atoms with van der Waals surface area (Å²) in [6.45, 7) is 2.32. The summed E-state index contributed by atoms with van der Waals surface area (Å²) in [5.74, 6) is 0.0867. The predicted octanol–water partition coefficient (Wildman–Crippen LogP) is 7.33. The van der Waals surface area contributed by atoms with E-state index < -0.39 is 17.1 Å². The third-order valence-corrected chi connectivity index (χ3v) is 7.46. The molecule has 7 nitrogen and oxygen atoms in total. The van der Waals surface area contributed by atoms with Crippen molar-refractivity contribution < 1.29 is 28.6 Å². The number of carbonyl (C=O) groups is 3. The number of rotatable bonds is 9. The molecule has 1 saturated heterocycles. The van der Waals surface area contributed by atoms with E-state index in [1.807, 2.05) is 22.6 Å². The van der Waals surface area contributed by atoms with Crippen LogP contribution in [0.5, 0.6) is 17.2 Å². The van der Waals surface area contributed by atoms with E-state index >= 15 is 0 Å². The number of carbonyl (C=O) groups excluding carboxylic acids is 3. The number of nitrogens with zero attached hydrogens (tertiary/aromatic N) is 1. The van der Waals surface area contributed by atoms with Crippen LogP contribution in [0.25, 0.3) is 6.08 Å². The Hall–Kier alpha value is -2.73. The third-order valence-electron chi connectivity index (χ3n) is 5.19. The topological polar surface area (TPSA) is 82.1 Å². The van der Waals surface area contributed by atoms with Crippen LogP contribution in [0.2, 0.25) is 10.0 Å². The lowest BCUT2D eigenvalue weighted by Gasteiger charge is -2.14. The van der Waals surface area contributed by atoms with E-state index in [-0.39, 0.29) is 23.8 Å². The lowest BCUT2D eigenvalue weighted by Crippen LogP contribution is -2.32. The van der Waals surface area contributed by atoms with Gasteiger partial charge in [0, 0.05) is 5.02 Å². The van der Waals surface area contributed by atoms with Gasteiger partial charge in [0.2, 0.25) is 0 Å². The summed E-state index contributed by atoms with van der Waals surface area (Å²) in [4.78, 5) is 39.5. The van der Waals surface area contributed by atoms with Crippen LogP contribution < -0.4 is 14.2 Å². The fourth-order valence-electron chi connectivity index (χ4n) is 3.42. The van der Waals surface area contributed by atoms with Crippen molar-refractivity contribution in [1.82, 2.24) is 4.90 Å². The van der Waals surface area contributed by atoms with E-state index in [4.69, 9.17) is 37.4 Å². The van der Waals surface area contributed by atoms with Gasteiger partial charge in [-0.15, -0.1) is 0 Å². The molecule has 4 rings (SSSR count). The maximum atomic E-state index is 12.9. The van der Waals surface area contributed by atoms with E-state index in [1.54, 1.807) is 73.7 Å². The Morgan fingerprint density at radius 3 is 2.47 bits per heavy atom. The highest BCUT2D eigenvalue weighted by Crippen LogP contribution is 2.38. The molecule has 0 unspecified atom stereocenters. The van der Waals surface area contributed by atoms with Crippen LogP contribution in [0.4, 0.5) is 4.79 Å². The molecule has 11 heteroatoms. The summed E-state index contributed by atoms with van der Waals surface area (Å²) in [5.41, 5.74) is 0.950. The van der Waals surface area contributed by atoms with E-state index in [1.165, 1.54) is 0 Å². The number of thioether (sulfide) groups is 1. The molecule has 0 atom stereocenters. The molecule has 0 N–H and O–H groups in total. The Morgan fingerprint density at radius 2 is 1.76 bits per heavy atom. The van der Waals surface area contributed by atoms with Gasteiger partial charge in [-0.3, -0.25) is 14.5 Å². The zero-order valence-electron chi connectivity index (χ0n) is 19.9. The molecule has 1 aliphatic heterocycles. The lowest BCUT2D eigenvalue weighted by molar-refractivity contribution is -0.123. The van der Waals surface area contributed by atoms with Crippen molar-refractivity contribution in [2.24, 2.45) is 0 Å². The van der Waals surface area contributed by atoms with Gasteiger partial charge in [-0.05, 0) is 101 Å². The number of benzene rings is 3. The van der Waals surface area contributed by atoms with Crippen molar-refractivity contribution in [3.8, 4) is 17.2 Å². The van der Waals surface area contributed by atoms with Crippen molar-refractivity contribution >= 4 is 80.7 Å². The van der Waals surface area contributed by atoms with Crippen molar-refractivity contribution in [2.75, 3.05) is 19.8 Å². The maximum absolute atomic E-state index is 12.9. The number of esters is 1. The van der Waals surface area contributed by atoms with Crippen LogP contribution in [-0.4, -0.2) is 41.8 Å². The molecule has 2 amide bonds. The summed E-state index contributed by atoms with van der Waals surface area (Å²) in [5, 5.41) is 0.564. The van der Waals surface area contributed by atoms with E-state index in [9.17, 15) is 14.4 Å². The van der Waals surface area contributed by atoms with Crippen LogP contribution >= 0.6 is 57.6 Å². The molecule has 196 valence electrons. The van der Waals surface area contributed by atoms with E-state index in [2.05, 4.69) is 0 Å². The predicted molar refractivity (Wildman–Crippen MR) is 156 cm³/mol. The van der Waals surface area contributed by atoms with Crippen molar-refractivity contribution in [3.05, 3.63) is 90.3 Å². The quantitative estimate of drug-likeness (QED) is 0.101. The highest BCUT2D eigenvalue weighted by Gasteiger charge is 2.35. The number of amides is 2. The molecule has 0 bridgehead atoms. The molecular weight excluding hydrogens is 664 g/mol. The highest BCUT2D eigenvalue weighted by molar-refractivity contribution is 14.1. The second-order valence-electron chi connectivity index (χ2n) is 7.77. The third kappa shape index (κ3) is 6.82. The van der Waals surface area contributed by atoms with E-state index in [0.717, 1.165) is 16.7 Å². The van der Waals surface area contributed by atoms with Crippen LogP contribution in [-0.2, 0) is 4.79 Å². The van der Waals surface area contributed by atoms with Crippen molar-refractivity contribution in [1.29, 1.82) is 0 Å². The molecule has 1 aliphatic rings. The monoisotopic (exact) mass is 683 g/mol. The number of para-hydroxylation sites is 1. The van der Waals surface area contributed by atoms with E-state index in [0.29, 0.717) is 42.8 Å². The largest absolute Gasteiger partial charge is 0.490 e. The Labute approximate surface area is 247 Å². The summed E-state index contributed by atoms with van der Waals surface area (Å²) in [6.07, 6.45) is 1.61. The van der Waals surface area contributed by atoms with Gasteiger partial charge in [0.25, 0.3) is 11.1 Å². The molecule has 38 heavy (non-hydrogen) atoms. The Morgan fingerprint density at radius 1 is 1.03 bits per heavy atom. The van der Waals surface area contributed by atoms with Gasteiger partial charge in [0.1, 0.15) is 12.4 Å². The first-order valence-electron chi connectivity index (χ1n) is 11.3. The average Bonchev–Trinajstić information content (AvgIpc) is 3.15. The lowest BCUT2D eigenvalue weighted by atomic mass is 10.1. The van der Waals surface area contributed by atoms with Crippen molar-refractivity contribution in [3.63, 3.8) is 0 Å². The number of ether oxygens (including phenoxy) is 3. The van der Waals surface area contributed by atoms with Gasteiger partial charge in [0.15, 0.2) is 11.5 Å². The Balaban J connectivity index is 1.49. The molecular formula is C27H20Cl2INO6S. The molecule has 0 spiro atoms. The minimum absolute atomic E-state index is 0.0779. The summed E-state index contributed by atoms with van der Waals surface area (Å²) in [6, 6.07) is 16.7. The molecule has 3 aromatic carbocycles. The fourth-order valence-corrected chi connectivity index (χ4v) is 5.34. The summed E-state index contributed by atoms with van der Waals surface area (Å²) in [7, 11) is 0.